The van der Waals surface area contributed by atoms with Crippen LogP contribution in [0.3, 0.4) is 0 Å². The van der Waals surface area contributed by atoms with Crippen LogP contribution in [0.1, 0.15) is 33.6 Å². The van der Waals surface area contributed by atoms with E-state index in [1.165, 1.54) is 0 Å². The average Bonchev–Trinajstić information content (AvgIpc) is 2.24. The smallest absolute Gasteiger partial charge is 0.321 e. The van der Waals surface area contributed by atoms with Crippen molar-refractivity contribution in [2.45, 2.75) is 39.7 Å². The van der Waals surface area contributed by atoms with E-state index in [9.17, 15) is 9.90 Å². The zero-order valence-corrected chi connectivity index (χ0v) is 11.3. The van der Waals surface area contributed by atoms with Crippen molar-refractivity contribution in [3.63, 3.8) is 0 Å². The Labute approximate surface area is 104 Å². The Balaban J connectivity index is 2.54. The molecule has 1 rings (SSSR count). The summed E-state index contributed by atoms with van der Waals surface area (Å²) in [6.45, 7) is 10.2. The molecule has 1 heterocycles. The standard InChI is InChI=1S/C13H26N2O2/c1-4-14-12(13(16)17)11-6-5-7-15(9-11)8-10(2)3/h10-12,14H,4-9H2,1-3H3,(H,16,17). The summed E-state index contributed by atoms with van der Waals surface area (Å²) in [5.41, 5.74) is 0. The van der Waals surface area contributed by atoms with E-state index < -0.39 is 5.97 Å². The molecule has 0 aromatic heterocycles. The third-order valence-electron chi connectivity index (χ3n) is 3.33. The fourth-order valence-corrected chi connectivity index (χ4v) is 2.72. The molecule has 1 aliphatic heterocycles. The molecule has 4 nitrogen and oxygen atoms in total. The second kappa shape index (κ2) is 6.97. The number of hydrogen-bond acceptors (Lipinski definition) is 3. The molecule has 0 aliphatic carbocycles. The summed E-state index contributed by atoms with van der Waals surface area (Å²) in [5.74, 6) is 0.194. The Hall–Kier alpha value is -0.610. The highest BCUT2D eigenvalue weighted by atomic mass is 16.4. The van der Waals surface area contributed by atoms with Crippen molar-refractivity contribution >= 4 is 5.97 Å². The molecule has 0 spiro atoms. The lowest BCUT2D eigenvalue weighted by Crippen LogP contribution is -2.50. The minimum Gasteiger partial charge on any atom is -0.480 e. The molecule has 2 atom stereocenters. The minimum atomic E-state index is -0.705. The second-order valence-corrected chi connectivity index (χ2v) is 5.43. The Bertz CT molecular complexity index is 244. The van der Waals surface area contributed by atoms with Gasteiger partial charge in [0.05, 0.1) is 0 Å². The van der Waals surface area contributed by atoms with Gasteiger partial charge in [0.1, 0.15) is 6.04 Å². The number of nitrogens with zero attached hydrogens (tertiary/aromatic N) is 1. The molecule has 0 bridgehead atoms. The van der Waals surface area contributed by atoms with E-state index in [2.05, 4.69) is 24.1 Å². The van der Waals surface area contributed by atoms with Crippen LogP contribution in [0.5, 0.6) is 0 Å². The van der Waals surface area contributed by atoms with Crippen molar-refractivity contribution < 1.29 is 9.90 Å². The number of likely N-dealkylation sites (N-methyl/N-ethyl adjacent to an activating group) is 1. The number of hydrogen-bond donors (Lipinski definition) is 2. The first kappa shape index (κ1) is 14.5. The molecular weight excluding hydrogens is 216 g/mol. The summed E-state index contributed by atoms with van der Waals surface area (Å²) < 4.78 is 0. The molecular formula is C13H26N2O2. The number of piperidine rings is 1. The van der Waals surface area contributed by atoms with Crippen molar-refractivity contribution in [3.05, 3.63) is 0 Å². The summed E-state index contributed by atoms with van der Waals surface area (Å²) >= 11 is 0. The maximum atomic E-state index is 11.2. The summed E-state index contributed by atoms with van der Waals surface area (Å²) in [6, 6.07) is -0.380. The number of carbonyl (C=O) groups is 1. The van der Waals surface area contributed by atoms with Gasteiger partial charge in [-0.3, -0.25) is 4.79 Å². The molecule has 0 amide bonds. The van der Waals surface area contributed by atoms with Gasteiger partial charge in [0.15, 0.2) is 0 Å². The van der Waals surface area contributed by atoms with Gasteiger partial charge in [0.2, 0.25) is 0 Å². The zero-order valence-electron chi connectivity index (χ0n) is 11.3. The molecule has 4 heteroatoms. The van der Waals surface area contributed by atoms with E-state index >= 15 is 0 Å². The fraction of sp³-hybridized carbons (Fsp3) is 0.923. The van der Waals surface area contributed by atoms with Crippen molar-refractivity contribution in [2.75, 3.05) is 26.2 Å². The third kappa shape index (κ3) is 4.64. The lowest BCUT2D eigenvalue weighted by Gasteiger charge is -2.36. The fourth-order valence-electron chi connectivity index (χ4n) is 2.72. The molecule has 0 aromatic carbocycles. The van der Waals surface area contributed by atoms with Gasteiger partial charge in [-0.15, -0.1) is 0 Å². The van der Waals surface area contributed by atoms with E-state index in [-0.39, 0.29) is 12.0 Å². The highest BCUT2D eigenvalue weighted by molar-refractivity contribution is 5.73. The van der Waals surface area contributed by atoms with E-state index in [1.807, 2.05) is 6.92 Å². The molecule has 17 heavy (non-hydrogen) atoms. The van der Waals surface area contributed by atoms with Crippen molar-refractivity contribution in [3.8, 4) is 0 Å². The SMILES string of the molecule is CCNC(C(=O)O)C1CCCN(CC(C)C)C1. The van der Waals surface area contributed by atoms with Crippen molar-refractivity contribution in [1.29, 1.82) is 0 Å². The molecule has 100 valence electrons. The predicted molar refractivity (Wildman–Crippen MR) is 69.1 cm³/mol. The Morgan fingerprint density at radius 3 is 2.76 bits per heavy atom. The summed E-state index contributed by atoms with van der Waals surface area (Å²) in [7, 11) is 0. The van der Waals surface area contributed by atoms with Gasteiger partial charge in [-0.05, 0) is 37.8 Å². The van der Waals surface area contributed by atoms with Gasteiger partial charge in [0.25, 0.3) is 0 Å². The lowest BCUT2D eigenvalue weighted by molar-refractivity contribution is -0.141. The quantitative estimate of drug-likeness (QED) is 0.739. The van der Waals surface area contributed by atoms with Gasteiger partial charge in [-0.2, -0.15) is 0 Å². The highest BCUT2D eigenvalue weighted by Crippen LogP contribution is 2.21. The van der Waals surface area contributed by atoms with Crippen molar-refractivity contribution in [1.82, 2.24) is 10.2 Å². The number of nitrogens with one attached hydrogen (secondary N) is 1. The minimum absolute atomic E-state index is 0.250. The maximum absolute atomic E-state index is 11.2. The summed E-state index contributed by atoms with van der Waals surface area (Å²) in [5, 5.41) is 12.3. The van der Waals surface area contributed by atoms with Crippen LogP contribution in [-0.4, -0.2) is 48.2 Å². The maximum Gasteiger partial charge on any atom is 0.321 e. The number of aliphatic carboxylic acids is 1. The van der Waals surface area contributed by atoms with Gasteiger partial charge < -0.3 is 15.3 Å². The van der Waals surface area contributed by atoms with E-state index in [0.717, 1.165) is 39.0 Å². The van der Waals surface area contributed by atoms with Crippen LogP contribution in [0.4, 0.5) is 0 Å². The first-order valence-electron chi connectivity index (χ1n) is 6.73. The highest BCUT2D eigenvalue weighted by Gasteiger charge is 2.31. The molecule has 0 saturated carbocycles. The normalized spacial score (nSPS) is 23.9. The van der Waals surface area contributed by atoms with Crippen LogP contribution in [0, 0.1) is 11.8 Å². The molecule has 2 N–H and O–H groups in total. The molecule has 0 radical (unpaired) electrons. The van der Waals surface area contributed by atoms with Gasteiger partial charge in [-0.1, -0.05) is 20.8 Å². The molecule has 0 aromatic rings. The van der Waals surface area contributed by atoms with Crippen LogP contribution >= 0.6 is 0 Å². The van der Waals surface area contributed by atoms with Crippen LogP contribution in [0.25, 0.3) is 0 Å². The van der Waals surface area contributed by atoms with Crippen LogP contribution in [-0.2, 0) is 4.79 Å². The lowest BCUT2D eigenvalue weighted by atomic mass is 9.90. The largest absolute Gasteiger partial charge is 0.480 e. The Morgan fingerprint density at radius 1 is 1.53 bits per heavy atom. The van der Waals surface area contributed by atoms with Gasteiger partial charge in [0, 0.05) is 13.1 Å². The molecule has 1 saturated heterocycles. The number of rotatable bonds is 6. The Morgan fingerprint density at radius 2 is 2.24 bits per heavy atom. The third-order valence-corrected chi connectivity index (χ3v) is 3.33. The topological polar surface area (TPSA) is 52.6 Å². The van der Waals surface area contributed by atoms with E-state index in [0.29, 0.717) is 5.92 Å². The Kier molecular flexibility index (Phi) is 5.92. The predicted octanol–water partition coefficient (Wildman–Crippen LogP) is 1.42. The monoisotopic (exact) mass is 242 g/mol. The summed E-state index contributed by atoms with van der Waals surface area (Å²) in [4.78, 5) is 13.6. The van der Waals surface area contributed by atoms with Gasteiger partial charge >= 0.3 is 5.97 Å². The molecule has 1 aliphatic rings. The molecule has 1 fully saturated rings. The van der Waals surface area contributed by atoms with Crippen LogP contribution in [0.15, 0.2) is 0 Å². The first-order valence-corrected chi connectivity index (χ1v) is 6.73. The number of carboxylic acid groups (broad SMARTS) is 1. The summed E-state index contributed by atoms with van der Waals surface area (Å²) in [6.07, 6.45) is 2.14. The zero-order chi connectivity index (χ0) is 12.8. The van der Waals surface area contributed by atoms with E-state index in [4.69, 9.17) is 0 Å². The molecule has 2 unspecified atom stereocenters. The average molecular weight is 242 g/mol. The van der Waals surface area contributed by atoms with Gasteiger partial charge in [-0.25, -0.2) is 0 Å². The van der Waals surface area contributed by atoms with E-state index in [1.54, 1.807) is 0 Å². The number of likely N-dealkylation sites (tertiary alicyclic amines) is 1. The number of carboxylic acids is 1. The van der Waals surface area contributed by atoms with Crippen molar-refractivity contribution in [2.24, 2.45) is 11.8 Å². The van der Waals surface area contributed by atoms with Crippen LogP contribution in [0.2, 0.25) is 0 Å². The second-order valence-electron chi connectivity index (χ2n) is 5.43. The van der Waals surface area contributed by atoms with Crippen LogP contribution < -0.4 is 5.32 Å². The first-order chi connectivity index (χ1) is 8.04.